The fourth-order valence-electron chi connectivity index (χ4n) is 4.36. The second-order valence-corrected chi connectivity index (χ2v) is 10.9. The molecule has 11 heteroatoms. The first kappa shape index (κ1) is 22.5. The van der Waals surface area contributed by atoms with Gasteiger partial charge < -0.3 is 30.5 Å². The number of rotatable bonds is 8. The number of anilines is 1. The van der Waals surface area contributed by atoms with Crippen LogP contribution in [0.3, 0.4) is 0 Å². The lowest BCUT2D eigenvalue weighted by atomic mass is 9.88. The van der Waals surface area contributed by atoms with Gasteiger partial charge in [-0.05, 0) is 6.42 Å². The number of unbranched alkanes of at least 4 members (excludes halogenated alkanes) is 1. The van der Waals surface area contributed by atoms with Gasteiger partial charge in [-0.2, -0.15) is 4.98 Å². The Hall–Kier alpha value is -2.23. The average Bonchev–Trinajstić information content (AvgIpc) is 3.20. The molecule has 2 aromatic heterocycles. The summed E-state index contributed by atoms with van der Waals surface area (Å²) in [5, 5.41) is 31.4. The third-order valence-electron chi connectivity index (χ3n) is 5.73. The molecule has 0 spiro atoms. The number of terminal acetylenes is 1. The lowest BCUT2D eigenvalue weighted by molar-refractivity contribution is -0.150. The van der Waals surface area contributed by atoms with Crippen LogP contribution in [-0.2, 0) is 10.1 Å². The van der Waals surface area contributed by atoms with Crippen LogP contribution >= 0.6 is 0 Å². The zero-order valence-corrected chi connectivity index (χ0v) is 18.6. The molecular weight excluding hydrogens is 406 g/mol. The molecule has 10 nitrogen and oxygen atoms in total. The Morgan fingerprint density at radius 3 is 2.77 bits per heavy atom. The van der Waals surface area contributed by atoms with Crippen LogP contribution in [-0.4, -0.2) is 74.7 Å². The summed E-state index contributed by atoms with van der Waals surface area (Å²) in [5.41, 5.74) is 4.88. The van der Waals surface area contributed by atoms with Gasteiger partial charge in [0.05, 0.1) is 6.61 Å². The molecule has 0 aromatic carbocycles. The maximum absolute atomic E-state index is 12.0. The van der Waals surface area contributed by atoms with E-state index in [1.165, 1.54) is 6.33 Å². The number of imidazole rings is 1. The SMILES string of the molecule is C#CCOc1nc2c(N)ncnc2n1[C@]1([SiH](C)C)O[C@H](CO)[C@@H](O)[C@]1(O)CCCC. The van der Waals surface area contributed by atoms with Gasteiger partial charge in [-0.3, -0.25) is 0 Å². The summed E-state index contributed by atoms with van der Waals surface area (Å²) in [6.07, 6.45) is 6.05. The van der Waals surface area contributed by atoms with E-state index in [1.54, 1.807) is 4.57 Å². The van der Waals surface area contributed by atoms with Gasteiger partial charge in [0.25, 0.3) is 0 Å². The molecule has 4 atom stereocenters. The quantitative estimate of drug-likeness (QED) is 0.326. The predicted molar refractivity (Wildman–Crippen MR) is 113 cm³/mol. The van der Waals surface area contributed by atoms with E-state index in [4.69, 9.17) is 21.6 Å². The van der Waals surface area contributed by atoms with Gasteiger partial charge in [0, 0.05) is 0 Å². The minimum atomic E-state index is -2.05. The van der Waals surface area contributed by atoms with Crippen LogP contribution in [0.15, 0.2) is 6.33 Å². The molecule has 3 rings (SSSR count). The fraction of sp³-hybridized carbons (Fsp3) is 0.632. The summed E-state index contributed by atoms with van der Waals surface area (Å²) in [5.74, 6) is 2.53. The van der Waals surface area contributed by atoms with Gasteiger partial charge >= 0.3 is 6.01 Å². The highest BCUT2D eigenvalue weighted by Crippen LogP contribution is 2.51. The van der Waals surface area contributed by atoms with Gasteiger partial charge in [0.1, 0.15) is 32.9 Å². The van der Waals surface area contributed by atoms with Crippen molar-refractivity contribution in [3.63, 3.8) is 0 Å². The number of nitrogen functional groups attached to an aromatic ring is 1. The lowest BCUT2D eigenvalue weighted by Gasteiger charge is -2.45. The Kier molecular flexibility index (Phi) is 6.35. The van der Waals surface area contributed by atoms with Crippen molar-refractivity contribution in [3.8, 4) is 18.4 Å². The molecule has 1 aliphatic heterocycles. The molecule has 0 aliphatic carbocycles. The van der Waals surface area contributed by atoms with Crippen LogP contribution in [0.25, 0.3) is 11.2 Å². The summed E-state index contributed by atoms with van der Waals surface area (Å²) in [7, 11) is -2.05. The lowest BCUT2D eigenvalue weighted by Crippen LogP contribution is -2.63. The molecule has 0 amide bonds. The van der Waals surface area contributed by atoms with Crippen molar-refractivity contribution in [2.75, 3.05) is 18.9 Å². The maximum atomic E-state index is 12.0. The average molecular weight is 436 g/mol. The topological polar surface area (TPSA) is 149 Å². The minimum absolute atomic E-state index is 0.0667. The number of aliphatic hydroxyl groups excluding tert-OH is 2. The van der Waals surface area contributed by atoms with Crippen molar-refractivity contribution in [2.45, 2.75) is 62.4 Å². The van der Waals surface area contributed by atoms with E-state index >= 15 is 0 Å². The Balaban J connectivity index is 2.36. The number of aliphatic hydroxyl groups is 3. The summed E-state index contributed by atoms with van der Waals surface area (Å²) in [6, 6.07) is 0.0667. The molecule has 0 saturated carbocycles. The summed E-state index contributed by atoms with van der Waals surface area (Å²) < 4.78 is 13.6. The predicted octanol–water partition coefficient (Wildman–Crippen LogP) is -0.228. The van der Waals surface area contributed by atoms with E-state index in [-0.39, 0.29) is 30.4 Å². The third kappa shape index (κ3) is 3.16. The minimum Gasteiger partial charge on any atom is -0.451 e. The third-order valence-corrected chi connectivity index (χ3v) is 8.18. The van der Waals surface area contributed by atoms with Gasteiger partial charge in [-0.1, -0.05) is 38.8 Å². The second kappa shape index (κ2) is 8.48. The van der Waals surface area contributed by atoms with E-state index in [9.17, 15) is 15.3 Å². The van der Waals surface area contributed by atoms with E-state index < -0.39 is 38.6 Å². The number of hydrogen-bond acceptors (Lipinski definition) is 9. The molecular formula is C19H29N5O5Si. The van der Waals surface area contributed by atoms with Gasteiger partial charge in [0.15, 0.2) is 28.9 Å². The van der Waals surface area contributed by atoms with Crippen molar-refractivity contribution in [3.05, 3.63) is 6.33 Å². The standard InChI is InChI=1S/C19H29N5O5Si/c1-5-7-8-18(27)14(26)12(10-25)29-19(18,30(3)4)24-16-13(15(20)21-11-22-16)23-17(24)28-9-6-2/h2,11-12,14,25-27,30H,5,7-10H2,1,3-4H3,(H2,20,21,22)/t12-,14-,18-,19+/m1/s1. The molecule has 0 unspecified atom stereocenters. The van der Waals surface area contributed by atoms with Crippen molar-refractivity contribution >= 4 is 25.8 Å². The van der Waals surface area contributed by atoms with Crippen LogP contribution < -0.4 is 10.5 Å². The van der Waals surface area contributed by atoms with Gasteiger partial charge in [-0.15, -0.1) is 6.42 Å². The molecule has 30 heavy (non-hydrogen) atoms. The van der Waals surface area contributed by atoms with Crippen LogP contribution in [0.4, 0.5) is 5.82 Å². The molecule has 0 bridgehead atoms. The van der Waals surface area contributed by atoms with Crippen molar-refractivity contribution in [2.24, 2.45) is 0 Å². The zero-order valence-electron chi connectivity index (χ0n) is 17.4. The number of aromatic nitrogens is 4. The first-order valence-corrected chi connectivity index (χ1v) is 12.9. The van der Waals surface area contributed by atoms with Crippen LogP contribution in [0.1, 0.15) is 26.2 Å². The van der Waals surface area contributed by atoms with Crippen molar-refractivity contribution in [1.82, 2.24) is 19.5 Å². The summed E-state index contributed by atoms with van der Waals surface area (Å²) in [6.45, 7) is 5.41. The number of hydrogen-bond donors (Lipinski definition) is 4. The number of fused-ring (bicyclic) bond motifs is 1. The monoisotopic (exact) mass is 435 g/mol. The highest BCUT2D eigenvalue weighted by molar-refractivity contribution is 6.58. The number of nitrogens with two attached hydrogens (primary N) is 1. The van der Waals surface area contributed by atoms with E-state index in [0.29, 0.717) is 12.1 Å². The normalized spacial score (nSPS) is 28.9. The largest absolute Gasteiger partial charge is 0.451 e. The summed E-state index contributed by atoms with van der Waals surface area (Å²) >= 11 is 0. The fourth-order valence-corrected chi connectivity index (χ4v) is 6.87. The molecule has 1 fully saturated rings. The first-order valence-electron chi connectivity index (χ1n) is 10.0. The molecule has 164 valence electrons. The molecule has 1 aliphatic rings. The van der Waals surface area contributed by atoms with Crippen molar-refractivity contribution < 1.29 is 24.8 Å². The van der Waals surface area contributed by atoms with E-state index in [2.05, 4.69) is 20.9 Å². The molecule has 2 aromatic rings. The molecule has 5 N–H and O–H groups in total. The highest BCUT2D eigenvalue weighted by Gasteiger charge is 2.68. The molecule has 3 heterocycles. The maximum Gasteiger partial charge on any atom is 0.301 e. The highest BCUT2D eigenvalue weighted by atomic mass is 28.3. The summed E-state index contributed by atoms with van der Waals surface area (Å²) in [4.78, 5) is 12.7. The Morgan fingerprint density at radius 1 is 1.43 bits per heavy atom. The Morgan fingerprint density at radius 2 is 2.17 bits per heavy atom. The zero-order chi connectivity index (χ0) is 22.1. The second-order valence-electron chi connectivity index (χ2n) is 7.82. The molecule has 1 saturated heterocycles. The van der Waals surface area contributed by atoms with Crippen LogP contribution in [0.5, 0.6) is 6.01 Å². The Labute approximate surface area is 176 Å². The van der Waals surface area contributed by atoms with E-state index in [0.717, 1.165) is 6.42 Å². The first-order chi connectivity index (χ1) is 14.3. The molecule has 0 radical (unpaired) electrons. The van der Waals surface area contributed by atoms with Crippen LogP contribution in [0, 0.1) is 12.3 Å². The smallest absolute Gasteiger partial charge is 0.301 e. The number of ether oxygens (including phenoxy) is 2. The number of nitrogens with zero attached hydrogens (tertiary/aromatic N) is 4. The van der Waals surface area contributed by atoms with Gasteiger partial charge in [0.2, 0.25) is 0 Å². The van der Waals surface area contributed by atoms with Crippen molar-refractivity contribution in [1.29, 1.82) is 0 Å². The van der Waals surface area contributed by atoms with Crippen LogP contribution in [0.2, 0.25) is 13.1 Å². The van der Waals surface area contributed by atoms with E-state index in [1.807, 2.05) is 20.0 Å². The van der Waals surface area contributed by atoms with Gasteiger partial charge in [-0.25, -0.2) is 14.5 Å². The Bertz CT molecular complexity index is 947.